The van der Waals surface area contributed by atoms with Gasteiger partial charge in [0.2, 0.25) is 0 Å². The Labute approximate surface area is 102 Å². The van der Waals surface area contributed by atoms with E-state index in [1.54, 1.807) is 12.1 Å². The average molecular weight is 247 g/mol. The minimum Gasteiger partial charge on any atom is -0.466 e. The molecule has 0 aliphatic rings. The van der Waals surface area contributed by atoms with Crippen molar-refractivity contribution in [2.75, 3.05) is 0 Å². The van der Waals surface area contributed by atoms with Gasteiger partial charge in [0.1, 0.15) is 17.9 Å². The summed E-state index contributed by atoms with van der Waals surface area (Å²) in [6.45, 7) is -0.0577. The van der Waals surface area contributed by atoms with Gasteiger partial charge in [-0.15, -0.1) is 0 Å². The van der Waals surface area contributed by atoms with Crippen LogP contribution in [0, 0.1) is 10.1 Å². The first-order valence-electron chi connectivity index (χ1n) is 5.11. The van der Waals surface area contributed by atoms with E-state index in [1.165, 1.54) is 30.5 Å². The van der Waals surface area contributed by atoms with Gasteiger partial charge in [-0.05, 0) is 18.2 Å². The molecule has 0 bridgehead atoms. The standard InChI is InChI=1S/C12H9NO5/c14-12(18-8-9-4-3-7-17-9)10-5-1-2-6-11(10)13(15)16/h1-7H,8H2. The Hall–Kier alpha value is -2.63. The van der Waals surface area contributed by atoms with Gasteiger partial charge >= 0.3 is 5.97 Å². The minimum absolute atomic E-state index is 0.0577. The molecule has 0 fully saturated rings. The van der Waals surface area contributed by atoms with E-state index in [-0.39, 0.29) is 17.9 Å². The Balaban J connectivity index is 2.11. The fraction of sp³-hybridized carbons (Fsp3) is 0.0833. The maximum absolute atomic E-state index is 11.7. The Morgan fingerprint density at radius 1 is 1.28 bits per heavy atom. The molecule has 6 heteroatoms. The molecule has 0 aliphatic carbocycles. The summed E-state index contributed by atoms with van der Waals surface area (Å²) in [5.74, 6) is -0.277. The van der Waals surface area contributed by atoms with E-state index in [9.17, 15) is 14.9 Å². The number of benzene rings is 1. The van der Waals surface area contributed by atoms with Crippen molar-refractivity contribution in [1.82, 2.24) is 0 Å². The number of nitro groups is 1. The molecule has 1 aromatic heterocycles. The first kappa shape index (κ1) is 11.8. The quantitative estimate of drug-likeness (QED) is 0.471. The number of nitro benzene ring substituents is 1. The molecule has 18 heavy (non-hydrogen) atoms. The van der Waals surface area contributed by atoms with Crippen LogP contribution in [0.15, 0.2) is 47.1 Å². The second-order valence-corrected chi connectivity index (χ2v) is 3.43. The molecule has 0 amide bonds. The number of hydrogen-bond acceptors (Lipinski definition) is 5. The highest BCUT2D eigenvalue weighted by Crippen LogP contribution is 2.19. The number of nitrogens with zero attached hydrogens (tertiary/aromatic N) is 1. The first-order valence-corrected chi connectivity index (χ1v) is 5.11. The lowest BCUT2D eigenvalue weighted by Crippen LogP contribution is -2.07. The van der Waals surface area contributed by atoms with Crippen molar-refractivity contribution in [3.05, 3.63) is 64.1 Å². The van der Waals surface area contributed by atoms with Crippen LogP contribution in [-0.4, -0.2) is 10.9 Å². The molecule has 0 atom stereocenters. The molecule has 2 aromatic rings. The monoisotopic (exact) mass is 247 g/mol. The number of furan rings is 1. The molecule has 0 N–H and O–H groups in total. The van der Waals surface area contributed by atoms with Gasteiger partial charge in [-0.1, -0.05) is 12.1 Å². The van der Waals surface area contributed by atoms with Gasteiger partial charge in [-0.25, -0.2) is 4.79 Å². The highest BCUT2D eigenvalue weighted by molar-refractivity contribution is 5.93. The van der Waals surface area contributed by atoms with Gasteiger partial charge in [0.15, 0.2) is 0 Å². The summed E-state index contributed by atoms with van der Waals surface area (Å²) in [7, 11) is 0. The zero-order valence-electron chi connectivity index (χ0n) is 9.24. The Kier molecular flexibility index (Phi) is 3.38. The van der Waals surface area contributed by atoms with Gasteiger partial charge in [-0.3, -0.25) is 10.1 Å². The highest BCUT2D eigenvalue weighted by Gasteiger charge is 2.20. The Morgan fingerprint density at radius 3 is 2.72 bits per heavy atom. The van der Waals surface area contributed by atoms with E-state index < -0.39 is 10.9 Å². The zero-order chi connectivity index (χ0) is 13.0. The molecule has 0 saturated heterocycles. The van der Waals surface area contributed by atoms with Crippen LogP contribution in [-0.2, 0) is 11.3 Å². The molecule has 0 aliphatic heterocycles. The van der Waals surface area contributed by atoms with Crippen LogP contribution < -0.4 is 0 Å². The van der Waals surface area contributed by atoms with E-state index in [2.05, 4.69) is 0 Å². The Bertz CT molecular complexity index is 562. The molecule has 0 radical (unpaired) electrons. The van der Waals surface area contributed by atoms with Gasteiger partial charge in [0.05, 0.1) is 11.2 Å². The molecule has 92 valence electrons. The van der Waals surface area contributed by atoms with E-state index >= 15 is 0 Å². The topological polar surface area (TPSA) is 82.6 Å². The summed E-state index contributed by atoms with van der Waals surface area (Å²) in [5, 5.41) is 10.7. The number of carbonyl (C=O) groups is 1. The maximum Gasteiger partial charge on any atom is 0.345 e. The SMILES string of the molecule is O=C(OCc1ccco1)c1ccccc1[N+](=O)[O-]. The van der Waals surface area contributed by atoms with Crippen LogP contribution in [0.2, 0.25) is 0 Å². The summed E-state index contributed by atoms with van der Waals surface area (Å²) in [6, 6.07) is 8.94. The molecular weight excluding hydrogens is 238 g/mol. The fourth-order valence-corrected chi connectivity index (χ4v) is 1.41. The van der Waals surface area contributed by atoms with Crippen LogP contribution in [0.5, 0.6) is 0 Å². The second-order valence-electron chi connectivity index (χ2n) is 3.43. The average Bonchev–Trinajstić information content (AvgIpc) is 2.89. The van der Waals surface area contributed by atoms with Crippen molar-refractivity contribution < 1.29 is 18.9 Å². The third-order valence-electron chi connectivity index (χ3n) is 2.25. The number of rotatable bonds is 4. The van der Waals surface area contributed by atoms with Crippen molar-refractivity contribution in [3.63, 3.8) is 0 Å². The molecule has 0 spiro atoms. The Morgan fingerprint density at radius 2 is 2.06 bits per heavy atom. The summed E-state index contributed by atoms with van der Waals surface area (Å²) < 4.78 is 9.91. The lowest BCUT2D eigenvalue weighted by molar-refractivity contribution is -0.385. The number of hydrogen-bond donors (Lipinski definition) is 0. The fourth-order valence-electron chi connectivity index (χ4n) is 1.41. The predicted molar refractivity (Wildman–Crippen MR) is 60.9 cm³/mol. The van der Waals surface area contributed by atoms with Gasteiger partial charge in [0, 0.05) is 6.07 Å². The summed E-state index contributed by atoms with van der Waals surface area (Å²) in [5.41, 5.74) is -0.351. The summed E-state index contributed by atoms with van der Waals surface area (Å²) in [6.07, 6.45) is 1.45. The second kappa shape index (κ2) is 5.13. The van der Waals surface area contributed by atoms with Crippen molar-refractivity contribution in [1.29, 1.82) is 0 Å². The van der Waals surface area contributed by atoms with Gasteiger partial charge < -0.3 is 9.15 Å². The molecule has 2 rings (SSSR count). The van der Waals surface area contributed by atoms with Crippen LogP contribution >= 0.6 is 0 Å². The minimum atomic E-state index is -0.751. The number of para-hydroxylation sites is 1. The lowest BCUT2D eigenvalue weighted by Gasteiger charge is -2.03. The van der Waals surface area contributed by atoms with Gasteiger partial charge in [0.25, 0.3) is 5.69 Å². The molecule has 1 heterocycles. The molecule has 6 nitrogen and oxygen atoms in total. The van der Waals surface area contributed by atoms with E-state index in [0.717, 1.165) is 0 Å². The smallest absolute Gasteiger partial charge is 0.345 e. The van der Waals surface area contributed by atoms with Crippen molar-refractivity contribution in [2.45, 2.75) is 6.61 Å². The van der Waals surface area contributed by atoms with Crippen molar-refractivity contribution >= 4 is 11.7 Å². The first-order chi connectivity index (χ1) is 8.68. The number of carbonyl (C=O) groups excluding carboxylic acids is 1. The van der Waals surface area contributed by atoms with E-state index in [4.69, 9.17) is 9.15 Å². The molecular formula is C12H9NO5. The van der Waals surface area contributed by atoms with E-state index in [0.29, 0.717) is 5.76 Å². The van der Waals surface area contributed by atoms with E-state index in [1.807, 2.05) is 0 Å². The largest absolute Gasteiger partial charge is 0.466 e. The van der Waals surface area contributed by atoms with Crippen LogP contribution in [0.4, 0.5) is 5.69 Å². The molecule has 1 aromatic carbocycles. The predicted octanol–water partition coefficient (Wildman–Crippen LogP) is 2.54. The van der Waals surface area contributed by atoms with Crippen LogP contribution in [0.3, 0.4) is 0 Å². The number of ether oxygens (including phenoxy) is 1. The number of esters is 1. The summed E-state index contributed by atoms with van der Waals surface area (Å²) >= 11 is 0. The molecule has 0 unspecified atom stereocenters. The normalized spacial score (nSPS) is 10.0. The maximum atomic E-state index is 11.7. The van der Waals surface area contributed by atoms with Crippen molar-refractivity contribution in [3.8, 4) is 0 Å². The van der Waals surface area contributed by atoms with Crippen LogP contribution in [0.1, 0.15) is 16.1 Å². The zero-order valence-corrected chi connectivity index (χ0v) is 9.24. The lowest BCUT2D eigenvalue weighted by atomic mass is 10.2. The molecule has 0 saturated carbocycles. The van der Waals surface area contributed by atoms with Crippen molar-refractivity contribution in [2.24, 2.45) is 0 Å². The highest BCUT2D eigenvalue weighted by atomic mass is 16.6. The summed E-state index contributed by atoms with van der Waals surface area (Å²) in [4.78, 5) is 21.8. The third kappa shape index (κ3) is 2.54. The third-order valence-corrected chi connectivity index (χ3v) is 2.25. The van der Waals surface area contributed by atoms with Crippen LogP contribution in [0.25, 0.3) is 0 Å². The van der Waals surface area contributed by atoms with Gasteiger partial charge in [-0.2, -0.15) is 0 Å².